The largest absolute Gasteiger partial charge is 0.356 e. The summed E-state index contributed by atoms with van der Waals surface area (Å²) >= 11 is 0. The van der Waals surface area contributed by atoms with Crippen molar-refractivity contribution in [1.82, 2.24) is 5.32 Å². The number of carbonyl (C=O) groups excluding carboxylic acids is 1. The van der Waals surface area contributed by atoms with Crippen LogP contribution in [0.3, 0.4) is 0 Å². The van der Waals surface area contributed by atoms with Gasteiger partial charge < -0.3 is 9.80 Å². The normalized spacial score (nSPS) is 12.0. The lowest BCUT2D eigenvalue weighted by Crippen LogP contribution is -2.37. The van der Waals surface area contributed by atoms with Crippen LogP contribution in [0.15, 0.2) is 12.2 Å². The van der Waals surface area contributed by atoms with Gasteiger partial charge in [-0.05, 0) is 32.1 Å². The van der Waals surface area contributed by atoms with Crippen molar-refractivity contribution in [2.75, 3.05) is 34.2 Å². The molecule has 3 heteroatoms. The van der Waals surface area contributed by atoms with Gasteiger partial charge in [0.15, 0.2) is 0 Å². The Labute approximate surface area is 196 Å². The second-order valence-corrected chi connectivity index (χ2v) is 10.5. The summed E-state index contributed by atoms with van der Waals surface area (Å²) in [4.78, 5) is 11.8. The van der Waals surface area contributed by atoms with E-state index in [4.69, 9.17) is 0 Å². The first-order valence-corrected chi connectivity index (χ1v) is 13.7. The van der Waals surface area contributed by atoms with Crippen LogP contribution < -0.4 is 5.32 Å². The van der Waals surface area contributed by atoms with E-state index in [1.54, 1.807) is 0 Å². The lowest BCUT2D eigenvalue weighted by molar-refractivity contribution is -0.870. The lowest BCUT2D eigenvalue weighted by Gasteiger charge is -2.23. The molecular formula is C28H57N2O+. The van der Waals surface area contributed by atoms with E-state index in [-0.39, 0.29) is 5.91 Å². The highest BCUT2D eigenvalue weighted by atomic mass is 16.1. The van der Waals surface area contributed by atoms with Crippen LogP contribution in [0.1, 0.15) is 129 Å². The Balaban J connectivity index is 3.21. The molecule has 0 fully saturated rings. The molecule has 0 unspecified atom stereocenters. The van der Waals surface area contributed by atoms with Crippen molar-refractivity contribution in [2.45, 2.75) is 129 Å². The van der Waals surface area contributed by atoms with E-state index >= 15 is 0 Å². The maximum atomic E-state index is 11.8. The number of rotatable bonds is 23. The zero-order valence-electron chi connectivity index (χ0n) is 21.9. The summed E-state index contributed by atoms with van der Waals surface area (Å²) in [7, 11) is 6.58. The molecule has 0 bridgehead atoms. The Hall–Kier alpha value is -0.830. The molecule has 0 saturated carbocycles. The van der Waals surface area contributed by atoms with Crippen molar-refractivity contribution < 1.29 is 9.28 Å². The van der Waals surface area contributed by atoms with Crippen LogP contribution in [-0.4, -0.2) is 44.6 Å². The summed E-state index contributed by atoms with van der Waals surface area (Å²) in [6.07, 6.45) is 29.3. The maximum Gasteiger partial charge on any atom is 0.219 e. The molecule has 3 nitrogen and oxygen atoms in total. The molecule has 1 N–H and O–H groups in total. The molecular weight excluding hydrogens is 380 g/mol. The van der Waals surface area contributed by atoms with Crippen LogP contribution >= 0.6 is 0 Å². The van der Waals surface area contributed by atoms with Gasteiger partial charge in [-0.3, -0.25) is 4.79 Å². The molecule has 31 heavy (non-hydrogen) atoms. The molecule has 0 atom stereocenters. The SMILES string of the molecule is CCCCCCCCC=CCCCCCCCCCCCC(=O)NCCC[N+](C)(C)C. The standard InChI is InChI=1S/C28H56N2O/c1-5-6-7-8-9-10-11-12-13-14-15-16-17-18-19-20-21-22-23-25-28(31)29-26-24-27-30(2,3)4/h12-13H,5-11,14-27H2,1-4H3/p+1. The van der Waals surface area contributed by atoms with E-state index in [2.05, 4.69) is 45.5 Å². The third-order valence-corrected chi connectivity index (χ3v) is 5.99. The minimum atomic E-state index is 0.238. The Bertz CT molecular complexity index is 412. The molecule has 0 aromatic carbocycles. The number of nitrogens with one attached hydrogen (secondary N) is 1. The van der Waals surface area contributed by atoms with Gasteiger partial charge in [-0.2, -0.15) is 0 Å². The Kier molecular flexibility index (Phi) is 21.8. The number of hydrogen-bond acceptors (Lipinski definition) is 1. The van der Waals surface area contributed by atoms with Gasteiger partial charge in [0.2, 0.25) is 5.91 Å². The first kappa shape index (κ1) is 30.2. The maximum absolute atomic E-state index is 11.8. The summed E-state index contributed by atoms with van der Waals surface area (Å²) in [5.41, 5.74) is 0. The van der Waals surface area contributed by atoms with Gasteiger partial charge in [0.25, 0.3) is 0 Å². The smallest absolute Gasteiger partial charge is 0.219 e. The van der Waals surface area contributed by atoms with Gasteiger partial charge in [-0.25, -0.2) is 0 Å². The van der Waals surface area contributed by atoms with Crippen molar-refractivity contribution in [1.29, 1.82) is 0 Å². The van der Waals surface area contributed by atoms with Crippen molar-refractivity contribution in [3.05, 3.63) is 12.2 Å². The van der Waals surface area contributed by atoms with E-state index in [0.717, 1.165) is 30.4 Å². The van der Waals surface area contributed by atoms with Crippen molar-refractivity contribution in [3.8, 4) is 0 Å². The first-order chi connectivity index (χ1) is 15.0. The van der Waals surface area contributed by atoms with Crippen molar-refractivity contribution >= 4 is 5.91 Å². The highest BCUT2D eigenvalue weighted by molar-refractivity contribution is 5.75. The van der Waals surface area contributed by atoms with Crippen LogP contribution in [0.5, 0.6) is 0 Å². The number of allylic oxidation sites excluding steroid dienone is 2. The van der Waals surface area contributed by atoms with Crippen LogP contribution in [0.4, 0.5) is 0 Å². The quantitative estimate of drug-likeness (QED) is 0.0986. The Morgan fingerprint density at radius 2 is 1.10 bits per heavy atom. The van der Waals surface area contributed by atoms with E-state index in [1.807, 2.05) is 0 Å². The van der Waals surface area contributed by atoms with E-state index < -0.39 is 0 Å². The molecule has 0 aliphatic heterocycles. The van der Waals surface area contributed by atoms with E-state index in [1.165, 1.54) is 103 Å². The average Bonchev–Trinajstić information content (AvgIpc) is 2.72. The molecule has 1 amide bonds. The van der Waals surface area contributed by atoms with Gasteiger partial charge >= 0.3 is 0 Å². The first-order valence-electron chi connectivity index (χ1n) is 13.7. The van der Waals surface area contributed by atoms with Crippen LogP contribution in [0, 0.1) is 0 Å². The predicted molar refractivity (Wildman–Crippen MR) is 138 cm³/mol. The number of unbranched alkanes of at least 4 members (excludes halogenated alkanes) is 15. The molecule has 0 spiro atoms. The summed E-state index contributed by atoms with van der Waals surface area (Å²) in [5, 5.41) is 3.06. The Morgan fingerprint density at radius 1 is 0.645 bits per heavy atom. The van der Waals surface area contributed by atoms with E-state index in [9.17, 15) is 4.79 Å². The fourth-order valence-corrected chi connectivity index (χ4v) is 3.93. The van der Waals surface area contributed by atoms with Gasteiger partial charge in [0.1, 0.15) is 0 Å². The molecule has 0 aromatic heterocycles. The van der Waals surface area contributed by atoms with E-state index in [0.29, 0.717) is 6.42 Å². The second kappa shape index (κ2) is 22.4. The number of hydrogen-bond donors (Lipinski definition) is 1. The fraction of sp³-hybridized carbons (Fsp3) is 0.893. The predicted octanol–water partition coefficient (Wildman–Crippen LogP) is 7.80. The molecule has 0 aliphatic carbocycles. The van der Waals surface area contributed by atoms with Crippen LogP contribution in [0.25, 0.3) is 0 Å². The monoisotopic (exact) mass is 437 g/mol. The number of carbonyl (C=O) groups is 1. The molecule has 0 saturated heterocycles. The zero-order valence-corrected chi connectivity index (χ0v) is 21.9. The molecule has 0 radical (unpaired) electrons. The summed E-state index contributed by atoms with van der Waals surface area (Å²) in [6, 6.07) is 0. The summed E-state index contributed by atoms with van der Waals surface area (Å²) in [6.45, 7) is 4.21. The van der Waals surface area contributed by atoms with Gasteiger partial charge in [0, 0.05) is 19.4 Å². The molecule has 0 heterocycles. The minimum absolute atomic E-state index is 0.238. The third-order valence-electron chi connectivity index (χ3n) is 5.99. The molecule has 0 rings (SSSR count). The third kappa shape index (κ3) is 27.1. The topological polar surface area (TPSA) is 29.1 Å². The second-order valence-electron chi connectivity index (χ2n) is 10.5. The van der Waals surface area contributed by atoms with Gasteiger partial charge in [0.05, 0.1) is 27.7 Å². The minimum Gasteiger partial charge on any atom is -0.356 e. The molecule has 0 aromatic rings. The lowest BCUT2D eigenvalue weighted by atomic mass is 10.1. The molecule has 0 aliphatic rings. The van der Waals surface area contributed by atoms with Crippen molar-refractivity contribution in [2.24, 2.45) is 0 Å². The van der Waals surface area contributed by atoms with Crippen LogP contribution in [0.2, 0.25) is 0 Å². The number of nitrogens with zero attached hydrogens (tertiary/aromatic N) is 1. The number of amides is 1. The van der Waals surface area contributed by atoms with Gasteiger partial charge in [-0.1, -0.05) is 96.1 Å². The van der Waals surface area contributed by atoms with Crippen molar-refractivity contribution in [3.63, 3.8) is 0 Å². The highest BCUT2D eigenvalue weighted by Gasteiger charge is 2.06. The van der Waals surface area contributed by atoms with Crippen LogP contribution in [-0.2, 0) is 4.79 Å². The molecule has 184 valence electrons. The highest BCUT2D eigenvalue weighted by Crippen LogP contribution is 2.12. The fourth-order valence-electron chi connectivity index (χ4n) is 3.93. The average molecular weight is 438 g/mol. The summed E-state index contributed by atoms with van der Waals surface area (Å²) in [5.74, 6) is 0.238. The zero-order chi connectivity index (χ0) is 23.0. The van der Waals surface area contributed by atoms with Gasteiger partial charge in [-0.15, -0.1) is 0 Å². The number of quaternary nitrogens is 1. The Morgan fingerprint density at radius 3 is 1.58 bits per heavy atom. The summed E-state index contributed by atoms with van der Waals surface area (Å²) < 4.78 is 0.965.